The lowest BCUT2D eigenvalue weighted by molar-refractivity contribution is 0.256. The lowest BCUT2D eigenvalue weighted by atomic mass is 10.0. The van der Waals surface area contributed by atoms with Gasteiger partial charge in [0.15, 0.2) is 5.03 Å². The predicted octanol–water partition coefficient (Wildman–Crippen LogP) is 2.00. The van der Waals surface area contributed by atoms with Crippen molar-refractivity contribution in [2.75, 3.05) is 13.6 Å². The summed E-state index contributed by atoms with van der Waals surface area (Å²) in [5.74, 6) is 0. The molecule has 1 N–H and O–H groups in total. The number of nitrogens with one attached hydrogen (secondary N) is 1. The Bertz CT molecular complexity index is 524. The predicted molar refractivity (Wildman–Crippen MR) is 80.9 cm³/mol. The molecule has 1 aromatic rings. The number of nitrogens with zero attached hydrogens (tertiary/aromatic N) is 2. The number of sulfonamides is 1. The third-order valence-electron chi connectivity index (χ3n) is 3.72. The Kier molecular flexibility index (Phi) is 5.68. The number of aromatic nitrogens is 1. The van der Waals surface area contributed by atoms with E-state index in [0.29, 0.717) is 6.54 Å². The SMILES string of the molecule is CCNCc1ccc(S(=O)(=O)N(C)C(C)(C)CC)nc1. The van der Waals surface area contributed by atoms with Gasteiger partial charge in [0, 0.05) is 25.3 Å². The van der Waals surface area contributed by atoms with Crippen LogP contribution in [0.25, 0.3) is 0 Å². The highest BCUT2D eigenvalue weighted by molar-refractivity contribution is 7.89. The highest BCUT2D eigenvalue weighted by Gasteiger charge is 2.33. The van der Waals surface area contributed by atoms with Gasteiger partial charge in [0.25, 0.3) is 10.0 Å². The summed E-state index contributed by atoms with van der Waals surface area (Å²) in [4.78, 5) is 4.10. The molecule has 0 aliphatic heterocycles. The van der Waals surface area contributed by atoms with Gasteiger partial charge in [-0.25, -0.2) is 13.4 Å². The van der Waals surface area contributed by atoms with Gasteiger partial charge in [-0.1, -0.05) is 19.9 Å². The molecule has 0 saturated carbocycles. The fourth-order valence-corrected chi connectivity index (χ4v) is 3.11. The van der Waals surface area contributed by atoms with Crippen LogP contribution >= 0.6 is 0 Å². The van der Waals surface area contributed by atoms with Crippen molar-refractivity contribution in [3.05, 3.63) is 23.9 Å². The van der Waals surface area contributed by atoms with Gasteiger partial charge in [0.1, 0.15) is 0 Å². The summed E-state index contributed by atoms with van der Waals surface area (Å²) < 4.78 is 26.4. The highest BCUT2D eigenvalue weighted by atomic mass is 32.2. The molecule has 0 aliphatic carbocycles. The van der Waals surface area contributed by atoms with Crippen molar-refractivity contribution in [1.82, 2.24) is 14.6 Å². The summed E-state index contributed by atoms with van der Waals surface area (Å²) in [5.41, 5.74) is 0.548. The van der Waals surface area contributed by atoms with Gasteiger partial charge in [-0.3, -0.25) is 0 Å². The Morgan fingerprint density at radius 1 is 1.30 bits per heavy atom. The first kappa shape index (κ1) is 17.1. The van der Waals surface area contributed by atoms with Gasteiger partial charge in [-0.2, -0.15) is 4.31 Å². The van der Waals surface area contributed by atoms with Crippen LogP contribution in [0.3, 0.4) is 0 Å². The first-order valence-corrected chi connectivity index (χ1v) is 8.34. The average Bonchev–Trinajstić information content (AvgIpc) is 2.44. The third kappa shape index (κ3) is 3.77. The largest absolute Gasteiger partial charge is 0.313 e. The molecule has 1 aromatic heterocycles. The Morgan fingerprint density at radius 3 is 2.40 bits per heavy atom. The van der Waals surface area contributed by atoms with Crippen LogP contribution < -0.4 is 5.32 Å². The second-order valence-electron chi connectivity index (χ2n) is 5.42. The fraction of sp³-hybridized carbons (Fsp3) is 0.643. The molecule has 0 saturated heterocycles. The third-order valence-corrected chi connectivity index (χ3v) is 5.70. The molecule has 1 heterocycles. The van der Waals surface area contributed by atoms with Crippen LogP contribution in [0.2, 0.25) is 0 Å². The van der Waals surface area contributed by atoms with Crippen LogP contribution in [0.1, 0.15) is 39.7 Å². The van der Waals surface area contributed by atoms with E-state index >= 15 is 0 Å². The summed E-state index contributed by atoms with van der Waals surface area (Å²) >= 11 is 0. The van der Waals surface area contributed by atoms with E-state index in [-0.39, 0.29) is 5.03 Å². The quantitative estimate of drug-likeness (QED) is 0.836. The Balaban J connectivity index is 2.99. The zero-order chi connectivity index (χ0) is 15.4. The summed E-state index contributed by atoms with van der Waals surface area (Å²) in [7, 11) is -1.94. The zero-order valence-corrected chi connectivity index (χ0v) is 13.8. The number of pyridine rings is 1. The first-order chi connectivity index (χ1) is 9.25. The van der Waals surface area contributed by atoms with E-state index in [2.05, 4.69) is 10.3 Å². The van der Waals surface area contributed by atoms with Crippen molar-refractivity contribution in [3.63, 3.8) is 0 Å². The smallest absolute Gasteiger partial charge is 0.260 e. The van der Waals surface area contributed by atoms with Crippen LogP contribution in [0, 0.1) is 0 Å². The monoisotopic (exact) mass is 299 g/mol. The lowest BCUT2D eigenvalue weighted by Gasteiger charge is -2.33. The van der Waals surface area contributed by atoms with Crippen LogP contribution in [-0.4, -0.2) is 36.8 Å². The van der Waals surface area contributed by atoms with E-state index in [9.17, 15) is 8.42 Å². The molecule has 1 rings (SSSR count). The Labute approximate surface area is 122 Å². The molecule has 114 valence electrons. The van der Waals surface area contributed by atoms with E-state index in [1.165, 1.54) is 4.31 Å². The van der Waals surface area contributed by atoms with E-state index in [4.69, 9.17) is 0 Å². The fourth-order valence-electron chi connectivity index (χ4n) is 1.63. The minimum atomic E-state index is -3.54. The van der Waals surface area contributed by atoms with E-state index in [1.807, 2.05) is 27.7 Å². The van der Waals surface area contributed by atoms with Crippen molar-refractivity contribution in [2.24, 2.45) is 0 Å². The van der Waals surface area contributed by atoms with E-state index in [1.54, 1.807) is 25.4 Å². The molecule has 0 radical (unpaired) electrons. The standard InChI is InChI=1S/C14H25N3O2S/c1-6-14(3,4)17(5)20(18,19)13-9-8-12(11-16-13)10-15-7-2/h8-9,11,15H,6-7,10H2,1-5H3. The maximum absolute atomic E-state index is 12.5. The van der Waals surface area contributed by atoms with Gasteiger partial charge >= 0.3 is 0 Å². The molecule has 0 aromatic carbocycles. The number of hydrogen-bond acceptors (Lipinski definition) is 4. The minimum absolute atomic E-state index is 0.0989. The number of hydrogen-bond donors (Lipinski definition) is 1. The first-order valence-electron chi connectivity index (χ1n) is 6.90. The summed E-state index contributed by atoms with van der Waals surface area (Å²) in [5, 5.41) is 3.28. The van der Waals surface area contributed by atoms with Crippen LogP contribution in [0.5, 0.6) is 0 Å². The topological polar surface area (TPSA) is 62.3 Å². The molecule has 0 unspecified atom stereocenters. The molecule has 5 nitrogen and oxygen atoms in total. The van der Waals surface area contributed by atoms with E-state index in [0.717, 1.165) is 18.5 Å². The molecule has 0 amide bonds. The molecule has 0 fully saturated rings. The number of rotatable bonds is 7. The van der Waals surface area contributed by atoms with Crippen molar-refractivity contribution >= 4 is 10.0 Å². The van der Waals surface area contributed by atoms with Crippen LogP contribution in [0.15, 0.2) is 23.4 Å². The summed E-state index contributed by atoms with van der Waals surface area (Å²) in [6.45, 7) is 9.37. The maximum atomic E-state index is 12.5. The molecular formula is C14H25N3O2S. The second-order valence-corrected chi connectivity index (χ2v) is 7.34. The molecule has 0 bridgehead atoms. The van der Waals surface area contributed by atoms with Crippen molar-refractivity contribution in [2.45, 2.75) is 51.2 Å². The van der Waals surface area contributed by atoms with Gasteiger partial charge in [0.2, 0.25) is 0 Å². The molecule has 0 spiro atoms. The van der Waals surface area contributed by atoms with Gasteiger partial charge in [-0.05, 0) is 38.4 Å². The van der Waals surface area contributed by atoms with Crippen molar-refractivity contribution < 1.29 is 8.42 Å². The average molecular weight is 299 g/mol. The molecule has 0 atom stereocenters. The Hall–Kier alpha value is -0.980. The van der Waals surface area contributed by atoms with Crippen molar-refractivity contribution in [3.8, 4) is 0 Å². The van der Waals surface area contributed by atoms with E-state index < -0.39 is 15.6 Å². The zero-order valence-electron chi connectivity index (χ0n) is 13.0. The van der Waals surface area contributed by atoms with Crippen LogP contribution in [0.4, 0.5) is 0 Å². The molecule has 0 aliphatic rings. The van der Waals surface area contributed by atoms with Crippen molar-refractivity contribution in [1.29, 1.82) is 0 Å². The van der Waals surface area contributed by atoms with Gasteiger partial charge in [-0.15, -0.1) is 0 Å². The van der Waals surface area contributed by atoms with Crippen LogP contribution in [-0.2, 0) is 16.6 Å². The molecule has 20 heavy (non-hydrogen) atoms. The van der Waals surface area contributed by atoms with Gasteiger partial charge < -0.3 is 5.32 Å². The molecule has 6 heteroatoms. The Morgan fingerprint density at radius 2 is 1.95 bits per heavy atom. The highest BCUT2D eigenvalue weighted by Crippen LogP contribution is 2.24. The normalized spacial score (nSPS) is 12.9. The molecular weight excluding hydrogens is 274 g/mol. The summed E-state index contributed by atoms with van der Waals surface area (Å²) in [6, 6.07) is 3.37. The summed E-state index contributed by atoms with van der Waals surface area (Å²) in [6.07, 6.45) is 2.35. The maximum Gasteiger partial charge on any atom is 0.260 e. The second kappa shape index (κ2) is 6.65. The lowest BCUT2D eigenvalue weighted by Crippen LogP contribution is -2.44. The van der Waals surface area contributed by atoms with Gasteiger partial charge in [0.05, 0.1) is 0 Å². The minimum Gasteiger partial charge on any atom is -0.313 e.